The van der Waals surface area contributed by atoms with Crippen LogP contribution in [-0.2, 0) is 0 Å². The molecule has 0 saturated carbocycles. The van der Waals surface area contributed by atoms with E-state index in [9.17, 15) is 5.11 Å². The van der Waals surface area contributed by atoms with Gasteiger partial charge in [-0.25, -0.2) is 0 Å². The van der Waals surface area contributed by atoms with Crippen LogP contribution in [0.3, 0.4) is 0 Å². The highest BCUT2D eigenvalue weighted by atomic mass is 16.3. The molecule has 94 valence electrons. The van der Waals surface area contributed by atoms with E-state index >= 15 is 0 Å². The van der Waals surface area contributed by atoms with Gasteiger partial charge in [-0.15, -0.1) is 0 Å². The maximum atomic E-state index is 9.37. The number of fused-ring (bicyclic) bond motifs is 2. The number of nitrogens with zero attached hydrogens (tertiary/aromatic N) is 1. The Labute approximate surface area is 99.2 Å². The maximum absolute atomic E-state index is 9.37. The van der Waals surface area contributed by atoms with E-state index in [4.69, 9.17) is 0 Å². The summed E-state index contributed by atoms with van der Waals surface area (Å²) in [6.45, 7) is 6.31. The van der Waals surface area contributed by atoms with Crippen LogP contribution in [0.5, 0.6) is 0 Å². The SMILES string of the molecule is CCN(CCC(C)O)C1CC2CCC(C1)N2. The first-order valence-electron chi connectivity index (χ1n) is 6.87. The quantitative estimate of drug-likeness (QED) is 0.743. The zero-order chi connectivity index (χ0) is 11.5. The Bertz CT molecular complexity index is 208. The smallest absolute Gasteiger partial charge is 0.0524 e. The van der Waals surface area contributed by atoms with Gasteiger partial charge in [0, 0.05) is 24.7 Å². The molecule has 0 aromatic carbocycles. The molecule has 3 atom stereocenters. The van der Waals surface area contributed by atoms with E-state index in [-0.39, 0.29) is 6.10 Å². The molecule has 2 rings (SSSR count). The molecule has 16 heavy (non-hydrogen) atoms. The van der Waals surface area contributed by atoms with Gasteiger partial charge in [0.05, 0.1) is 6.10 Å². The standard InChI is InChI=1S/C13H26N2O/c1-3-15(7-6-10(2)16)13-8-11-4-5-12(9-13)14-11/h10-14,16H,3-9H2,1-2H3. The van der Waals surface area contributed by atoms with Gasteiger partial charge in [0.2, 0.25) is 0 Å². The van der Waals surface area contributed by atoms with Crippen LogP contribution >= 0.6 is 0 Å². The number of aliphatic hydroxyl groups is 1. The summed E-state index contributed by atoms with van der Waals surface area (Å²) in [5.41, 5.74) is 0. The van der Waals surface area contributed by atoms with E-state index in [2.05, 4.69) is 17.1 Å². The molecule has 0 radical (unpaired) electrons. The topological polar surface area (TPSA) is 35.5 Å². The Kier molecular flexibility index (Phi) is 4.22. The number of rotatable bonds is 5. The molecule has 0 aromatic rings. The first-order chi connectivity index (χ1) is 7.69. The summed E-state index contributed by atoms with van der Waals surface area (Å²) in [6, 6.07) is 2.29. The first-order valence-corrected chi connectivity index (χ1v) is 6.87. The molecule has 2 bridgehead atoms. The number of hydrogen-bond acceptors (Lipinski definition) is 3. The third-order valence-corrected chi connectivity index (χ3v) is 4.20. The Hall–Kier alpha value is -0.120. The molecule has 2 saturated heterocycles. The molecule has 2 N–H and O–H groups in total. The fourth-order valence-electron chi connectivity index (χ4n) is 3.28. The van der Waals surface area contributed by atoms with Crippen molar-refractivity contribution < 1.29 is 5.11 Å². The molecule has 0 aromatic heterocycles. The summed E-state index contributed by atoms with van der Waals surface area (Å²) in [7, 11) is 0. The lowest BCUT2D eigenvalue weighted by atomic mass is 9.98. The van der Waals surface area contributed by atoms with E-state index in [1.165, 1.54) is 25.7 Å². The van der Waals surface area contributed by atoms with Gasteiger partial charge >= 0.3 is 0 Å². The van der Waals surface area contributed by atoms with Gasteiger partial charge in [0.1, 0.15) is 0 Å². The Morgan fingerprint density at radius 2 is 1.94 bits per heavy atom. The van der Waals surface area contributed by atoms with Crippen molar-refractivity contribution in [2.24, 2.45) is 0 Å². The Balaban J connectivity index is 1.84. The summed E-state index contributed by atoms with van der Waals surface area (Å²) in [6.07, 6.45) is 6.11. The van der Waals surface area contributed by atoms with Crippen LogP contribution < -0.4 is 5.32 Å². The van der Waals surface area contributed by atoms with Crippen LogP contribution in [0, 0.1) is 0 Å². The zero-order valence-corrected chi connectivity index (χ0v) is 10.7. The van der Waals surface area contributed by atoms with Crippen molar-refractivity contribution in [3.05, 3.63) is 0 Å². The lowest BCUT2D eigenvalue weighted by Crippen LogP contribution is -2.48. The minimum Gasteiger partial charge on any atom is -0.393 e. The van der Waals surface area contributed by atoms with Crippen molar-refractivity contribution in [3.8, 4) is 0 Å². The summed E-state index contributed by atoms with van der Waals surface area (Å²) in [5.74, 6) is 0. The highest BCUT2D eigenvalue weighted by Gasteiger charge is 2.35. The van der Waals surface area contributed by atoms with Gasteiger partial charge in [-0.3, -0.25) is 0 Å². The molecule has 0 aliphatic carbocycles. The van der Waals surface area contributed by atoms with E-state index in [0.29, 0.717) is 0 Å². The lowest BCUT2D eigenvalue weighted by Gasteiger charge is -2.37. The van der Waals surface area contributed by atoms with E-state index in [1.54, 1.807) is 0 Å². The van der Waals surface area contributed by atoms with Gasteiger partial charge in [0.15, 0.2) is 0 Å². The number of hydrogen-bond donors (Lipinski definition) is 2. The highest BCUT2D eigenvalue weighted by molar-refractivity contribution is 4.95. The average molecular weight is 226 g/mol. The van der Waals surface area contributed by atoms with Crippen LogP contribution in [0.25, 0.3) is 0 Å². The Morgan fingerprint density at radius 3 is 2.44 bits per heavy atom. The van der Waals surface area contributed by atoms with Crippen molar-refractivity contribution in [1.82, 2.24) is 10.2 Å². The molecule has 2 heterocycles. The fraction of sp³-hybridized carbons (Fsp3) is 1.00. The number of nitrogens with one attached hydrogen (secondary N) is 1. The predicted molar refractivity (Wildman–Crippen MR) is 66.5 cm³/mol. The van der Waals surface area contributed by atoms with Gasteiger partial charge in [-0.2, -0.15) is 0 Å². The molecule has 2 aliphatic heterocycles. The van der Waals surface area contributed by atoms with Crippen molar-refractivity contribution >= 4 is 0 Å². The van der Waals surface area contributed by atoms with Gasteiger partial charge in [-0.1, -0.05) is 6.92 Å². The molecule has 3 heteroatoms. The van der Waals surface area contributed by atoms with Crippen molar-refractivity contribution in [1.29, 1.82) is 0 Å². The zero-order valence-electron chi connectivity index (χ0n) is 10.7. The number of aliphatic hydroxyl groups excluding tert-OH is 1. The first kappa shape index (κ1) is 12.3. The van der Waals surface area contributed by atoms with Crippen LogP contribution in [0.1, 0.15) is 46.0 Å². The maximum Gasteiger partial charge on any atom is 0.0524 e. The summed E-state index contributed by atoms with van der Waals surface area (Å²) < 4.78 is 0. The van der Waals surface area contributed by atoms with E-state index in [1.807, 2.05) is 6.92 Å². The van der Waals surface area contributed by atoms with Crippen molar-refractivity contribution in [2.75, 3.05) is 13.1 Å². The second-order valence-corrected chi connectivity index (χ2v) is 5.53. The molecule has 2 aliphatic rings. The molecular formula is C13H26N2O. The minimum absolute atomic E-state index is 0.160. The fourth-order valence-corrected chi connectivity index (χ4v) is 3.28. The molecule has 3 nitrogen and oxygen atoms in total. The lowest BCUT2D eigenvalue weighted by molar-refractivity contribution is 0.113. The summed E-state index contributed by atoms with van der Waals surface area (Å²) in [5, 5.41) is 13.1. The minimum atomic E-state index is -0.160. The molecule has 2 fully saturated rings. The number of piperidine rings is 1. The van der Waals surface area contributed by atoms with Crippen LogP contribution in [0.2, 0.25) is 0 Å². The third kappa shape index (κ3) is 2.96. The van der Waals surface area contributed by atoms with E-state index < -0.39 is 0 Å². The Morgan fingerprint density at radius 1 is 1.31 bits per heavy atom. The highest BCUT2D eigenvalue weighted by Crippen LogP contribution is 2.29. The summed E-state index contributed by atoms with van der Waals surface area (Å²) >= 11 is 0. The second kappa shape index (κ2) is 5.48. The van der Waals surface area contributed by atoms with Gasteiger partial charge in [0.25, 0.3) is 0 Å². The summed E-state index contributed by atoms with van der Waals surface area (Å²) in [4.78, 5) is 2.57. The average Bonchev–Trinajstić information content (AvgIpc) is 2.58. The normalized spacial score (nSPS) is 35.6. The molecule has 3 unspecified atom stereocenters. The van der Waals surface area contributed by atoms with Crippen LogP contribution in [0.4, 0.5) is 0 Å². The second-order valence-electron chi connectivity index (χ2n) is 5.53. The van der Waals surface area contributed by atoms with Gasteiger partial charge < -0.3 is 15.3 Å². The van der Waals surface area contributed by atoms with Crippen molar-refractivity contribution in [2.45, 2.75) is 70.2 Å². The van der Waals surface area contributed by atoms with Crippen LogP contribution in [0.15, 0.2) is 0 Å². The van der Waals surface area contributed by atoms with Crippen LogP contribution in [-0.4, -0.2) is 47.3 Å². The van der Waals surface area contributed by atoms with Crippen molar-refractivity contribution in [3.63, 3.8) is 0 Å². The largest absolute Gasteiger partial charge is 0.393 e. The molecule has 0 spiro atoms. The monoisotopic (exact) mass is 226 g/mol. The van der Waals surface area contributed by atoms with Gasteiger partial charge in [-0.05, 0) is 45.6 Å². The third-order valence-electron chi connectivity index (χ3n) is 4.20. The predicted octanol–water partition coefficient (Wildman–Crippen LogP) is 1.36. The molecular weight excluding hydrogens is 200 g/mol. The van der Waals surface area contributed by atoms with E-state index in [0.717, 1.165) is 37.6 Å². The molecule has 0 amide bonds.